The third-order valence-corrected chi connectivity index (χ3v) is 3.72. The molecule has 1 heterocycles. The summed E-state index contributed by atoms with van der Waals surface area (Å²) in [6, 6.07) is 3.67. The van der Waals surface area contributed by atoms with Crippen LogP contribution in [-0.4, -0.2) is 16.0 Å². The van der Waals surface area contributed by atoms with E-state index in [1.54, 1.807) is 11.3 Å². The molecule has 0 saturated heterocycles. The van der Waals surface area contributed by atoms with Crippen molar-refractivity contribution in [2.24, 2.45) is 10.9 Å². The van der Waals surface area contributed by atoms with Gasteiger partial charge in [0.25, 0.3) is 0 Å². The molecule has 0 spiro atoms. The summed E-state index contributed by atoms with van der Waals surface area (Å²) < 4.78 is 5.84. The number of aromatic nitrogens is 1. The zero-order valence-corrected chi connectivity index (χ0v) is 12.5. The zero-order valence-electron chi connectivity index (χ0n) is 11.7. The van der Waals surface area contributed by atoms with Gasteiger partial charge in [-0.15, -0.1) is 11.3 Å². The number of hydrogen-bond donors (Lipinski definition) is 2. The van der Waals surface area contributed by atoms with Gasteiger partial charge in [0, 0.05) is 10.9 Å². The Morgan fingerprint density at radius 2 is 2.00 bits per heavy atom. The summed E-state index contributed by atoms with van der Waals surface area (Å²) in [5, 5.41) is 14.7. The summed E-state index contributed by atoms with van der Waals surface area (Å²) in [5.41, 5.74) is 9.09. The second-order valence-electron chi connectivity index (χ2n) is 4.57. The van der Waals surface area contributed by atoms with Gasteiger partial charge >= 0.3 is 0 Å². The molecule has 2 rings (SSSR count). The Morgan fingerprint density at radius 1 is 1.35 bits per heavy atom. The fraction of sp³-hybridized carbons (Fsp3) is 0.286. The van der Waals surface area contributed by atoms with E-state index in [-0.39, 0.29) is 5.84 Å². The molecule has 0 amide bonds. The summed E-state index contributed by atoms with van der Waals surface area (Å²) in [6.45, 7) is 6.27. The highest BCUT2D eigenvalue weighted by Gasteiger charge is 2.10. The van der Waals surface area contributed by atoms with Crippen molar-refractivity contribution in [3.8, 4) is 5.75 Å². The lowest BCUT2D eigenvalue weighted by atomic mass is 10.1. The van der Waals surface area contributed by atoms with Crippen LogP contribution < -0.4 is 10.5 Å². The van der Waals surface area contributed by atoms with Gasteiger partial charge in [-0.25, -0.2) is 4.98 Å². The molecule has 2 aromatic rings. The lowest BCUT2D eigenvalue weighted by molar-refractivity contribution is 0.297. The number of thiazole rings is 1. The number of oxime groups is 1. The van der Waals surface area contributed by atoms with E-state index in [1.165, 1.54) is 0 Å². The molecule has 5 nitrogen and oxygen atoms in total. The second-order valence-corrected chi connectivity index (χ2v) is 5.63. The summed E-state index contributed by atoms with van der Waals surface area (Å²) in [7, 11) is 0. The fourth-order valence-electron chi connectivity index (χ4n) is 2.00. The summed E-state index contributed by atoms with van der Waals surface area (Å²) in [6.07, 6.45) is 0. The van der Waals surface area contributed by atoms with Gasteiger partial charge in [-0.3, -0.25) is 0 Å². The lowest BCUT2D eigenvalue weighted by Gasteiger charge is -2.13. The fourth-order valence-corrected chi connectivity index (χ4v) is 2.60. The molecule has 0 atom stereocenters. The Hall–Kier alpha value is -2.08. The Bertz CT molecular complexity index is 627. The Kier molecular flexibility index (Phi) is 4.24. The van der Waals surface area contributed by atoms with Gasteiger partial charge in [0.15, 0.2) is 5.84 Å². The number of rotatable bonds is 4. The maximum atomic E-state index is 8.72. The largest absolute Gasteiger partial charge is 0.487 e. The minimum absolute atomic E-state index is 0.0953. The van der Waals surface area contributed by atoms with Crippen molar-refractivity contribution in [1.82, 2.24) is 4.98 Å². The molecule has 0 aliphatic rings. The standard InChI is InChI=1S/C14H17N3O2S/c1-8-4-11(14(15)17-18)5-9(2)13(8)19-6-12-7-20-10(3)16-12/h4-5,7,18H,6H2,1-3H3,(H2,15,17). The summed E-state index contributed by atoms with van der Waals surface area (Å²) in [5.74, 6) is 0.906. The normalized spacial score (nSPS) is 11.7. The first-order valence-corrected chi connectivity index (χ1v) is 7.02. The van der Waals surface area contributed by atoms with E-state index in [4.69, 9.17) is 15.7 Å². The molecule has 0 aliphatic heterocycles. The highest BCUT2D eigenvalue weighted by molar-refractivity contribution is 7.09. The first-order chi connectivity index (χ1) is 9.51. The minimum Gasteiger partial charge on any atom is -0.487 e. The smallest absolute Gasteiger partial charge is 0.170 e. The Labute approximate surface area is 121 Å². The van der Waals surface area contributed by atoms with Crippen LogP contribution in [0.5, 0.6) is 5.75 Å². The van der Waals surface area contributed by atoms with Gasteiger partial charge in [-0.2, -0.15) is 0 Å². The SMILES string of the molecule is Cc1nc(COc2c(C)cc(C(N)=NO)cc2C)cs1. The van der Waals surface area contributed by atoms with Gasteiger partial charge < -0.3 is 15.7 Å². The zero-order chi connectivity index (χ0) is 14.7. The quantitative estimate of drug-likeness (QED) is 0.393. The number of benzene rings is 1. The predicted molar refractivity (Wildman–Crippen MR) is 79.6 cm³/mol. The molecule has 6 heteroatoms. The van der Waals surface area contributed by atoms with Crippen LogP contribution in [0.25, 0.3) is 0 Å². The molecule has 20 heavy (non-hydrogen) atoms. The van der Waals surface area contributed by atoms with E-state index >= 15 is 0 Å². The summed E-state index contributed by atoms with van der Waals surface area (Å²) in [4.78, 5) is 4.37. The van der Waals surface area contributed by atoms with E-state index in [2.05, 4.69) is 10.1 Å². The molecular formula is C14H17N3O2S. The molecule has 1 aromatic heterocycles. The molecule has 3 N–H and O–H groups in total. The molecule has 0 saturated carbocycles. The van der Waals surface area contributed by atoms with Crippen LogP contribution in [0.15, 0.2) is 22.7 Å². The average molecular weight is 291 g/mol. The van der Waals surface area contributed by atoms with Crippen molar-refractivity contribution >= 4 is 17.2 Å². The molecular weight excluding hydrogens is 274 g/mol. The number of aryl methyl sites for hydroxylation is 3. The molecule has 0 unspecified atom stereocenters. The van der Waals surface area contributed by atoms with Gasteiger partial charge in [-0.05, 0) is 44.0 Å². The number of hydrogen-bond acceptors (Lipinski definition) is 5. The maximum absolute atomic E-state index is 8.72. The van der Waals surface area contributed by atoms with Crippen molar-refractivity contribution in [1.29, 1.82) is 0 Å². The van der Waals surface area contributed by atoms with Crippen molar-refractivity contribution in [2.45, 2.75) is 27.4 Å². The first-order valence-electron chi connectivity index (χ1n) is 6.14. The maximum Gasteiger partial charge on any atom is 0.170 e. The van der Waals surface area contributed by atoms with E-state index in [9.17, 15) is 0 Å². The van der Waals surface area contributed by atoms with Crippen LogP contribution in [0, 0.1) is 20.8 Å². The van der Waals surface area contributed by atoms with Crippen LogP contribution in [0.2, 0.25) is 0 Å². The topological polar surface area (TPSA) is 80.7 Å². The van der Waals surface area contributed by atoms with Crippen LogP contribution in [0.4, 0.5) is 0 Å². The molecule has 0 bridgehead atoms. The second kappa shape index (κ2) is 5.92. The molecule has 0 aliphatic carbocycles. The number of nitrogens with two attached hydrogens (primary N) is 1. The first kappa shape index (κ1) is 14.3. The van der Waals surface area contributed by atoms with Gasteiger partial charge in [0.1, 0.15) is 12.4 Å². The Morgan fingerprint density at radius 3 is 2.50 bits per heavy atom. The highest BCUT2D eigenvalue weighted by atomic mass is 32.1. The molecule has 1 aromatic carbocycles. The highest BCUT2D eigenvalue weighted by Crippen LogP contribution is 2.26. The van der Waals surface area contributed by atoms with Crippen LogP contribution in [0.1, 0.15) is 27.4 Å². The third kappa shape index (κ3) is 3.08. The Balaban J connectivity index is 2.20. The predicted octanol–water partition coefficient (Wildman–Crippen LogP) is 2.74. The van der Waals surface area contributed by atoms with Crippen molar-refractivity contribution in [3.05, 3.63) is 44.9 Å². The summed E-state index contributed by atoms with van der Waals surface area (Å²) >= 11 is 1.61. The molecule has 0 radical (unpaired) electrons. The van der Waals surface area contributed by atoms with Gasteiger partial charge in [0.05, 0.1) is 10.7 Å². The van der Waals surface area contributed by atoms with Crippen LogP contribution >= 0.6 is 11.3 Å². The molecule has 106 valence electrons. The van der Waals surface area contributed by atoms with Crippen molar-refractivity contribution in [2.75, 3.05) is 0 Å². The van der Waals surface area contributed by atoms with E-state index in [0.29, 0.717) is 12.2 Å². The number of amidine groups is 1. The number of nitrogens with zero attached hydrogens (tertiary/aromatic N) is 2. The lowest BCUT2D eigenvalue weighted by Crippen LogP contribution is -2.14. The minimum atomic E-state index is 0.0953. The van der Waals surface area contributed by atoms with Gasteiger partial charge in [-0.1, -0.05) is 5.16 Å². The average Bonchev–Trinajstić information content (AvgIpc) is 2.82. The van der Waals surface area contributed by atoms with E-state index in [0.717, 1.165) is 27.6 Å². The monoisotopic (exact) mass is 291 g/mol. The van der Waals surface area contributed by atoms with E-state index in [1.807, 2.05) is 38.3 Å². The molecule has 0 fully saturated rings. The van der Waals surface area contributed by atoms with Crippen LogP contribution in [-0.2, 0) is 6.61 Å². The van der Waals surface area contributed by atoms with Gasteiger partial charge in [0.2, 0.25) is 0 Å². The van der Waals surface area contributed by atoms with E-state index < -0.39 is 0 Å². The van der Waals surface area contributed by atoms with Crippen molar-refractivity contribution in [3.63, 3.8) is 0 Å². The van der Waals surface area contributed by atoms with Crippen LogP contribution in [0.3, 0.4) is 0 Å². The van der Waals surface area contributed by atoms with Crippen molar-refractivity contribution < 1.29 is 9.94 Å². The number of ether oxygens (including phenoxy) is 1. The third-order valence-electron chi connectivity index (χ3n) is 2.89.